The zero-order chi connectivity index (χ0) is 22.4. The van der Waals surface area contributed by atoms with Crippen LogP contribution >= 0.6 is 23.4 Å². The second kappa shape index (κ2) is 8.16. The van der Waals surface area contributed by atoms with Gasteiger partial charge in [-0.25, -0.2) is 14.6 Å². The molecule has 10 heteroatoms. The highest BCUT2D eigenvalue weighted by Gasteiger charge is 2.46. The minimum atomic E-state index is 0.0502. The van der Waals surface area contributed by atoms with Crippen molar-refractivity contribution in [2.45, 2.75) is 35.3 Å². The fourth-order valence-corrected chi connectivity index (χ4v) is 6.01. The molecule has 3 aromatic heterocycles. The summed E-state index contributed by atoms with van der Waals surface area (Å²) in [7, 11) is 0. The maximum atomic E-state index is 6.65. The molecule has 1 atom stereocenters. The van der Waals surface area contributed by atoms with E-state index in [-0.39, 0.29) is 11.5 Å². The molecular formula is C23H23ClN8S. The van der Waals surface area contributed by atoms with Gasteiger partial charge in [0.1, 0.15) is 10.8 Å². The third kappa shape index (κ3) is 3.60. The summed E-state index contributed by atoms with van der Waals surface area (Å²) in [5, 5.41) is 10.1. The second-order valence-electron chi connectivity index (χ2n) is 8.60. The van der Waals surface area contributed by atoms with Crippen LogP contribution in [0.1, 0.15) is 24.6 Å². The van der Waals surface area contributed by atoms with Gasteiger partial charge in [0.2, 0.25) is 0 Å². The Hall–Kier alpha value is -2.88. The van der Waals surface area contributed by atoms with Gasteiger partial charge >= 0.3 is 0 Å². The molecule has 0 radical (unpaired) electrons. The zero-order valence-corrected chi connectivity index (χ0v) is 19.5. The van der Waals surface area contributed by atoms with Crippen molar-refractivity contribution >= 4 is 29.2 Å². The Morgan fingerprint density at radius 2 is 1.91 bits per heavy atom. The van der Waals surface area contributed by atoms with E-state index in [1.54, 1.807) is 10.9 Å². The highest BCUT2D eigenvalue weighted by atomic mass is 35.5. The average Bonchev–Trinajstić information content (AvgIpc) is 3.57. The van der Waals surface area contributed by atoms with Crippen molar-refractivity contribution in [3.8, 4) is 5.69 Å². The highest BCUT2D eigenvalue weighted by molar-refractivity contribution is 7.99. The summed E-state index contributed by atoms with van der Waals surface area (Å²) in [6.07, 6.45) is 11.2. The molecule has 2 aliphatic heterocycles. The lowest BCUT2D eigenvalue weighted by Crippen LogP contribution is -2.45. The predicted molar refractivity (Wildman–Crippen MR) is 128 cm³/mol. The van der Waals surface area contributed by atoms with Gasteiger partial charge in [0, 0.05) is 48.5 Å². The van der Waals surface area contributed by atoms with Crippen LogP contribution in [0.5, 0.6) is 0 Å². The first-order chi connectivity index (χ1) is 16.1. The third-order valence-electron chi connectivity index (χ3n) is 6.80. The van der Waals surface area contributed by atoms with Crippen molar-refractivity contribution in [2.24, 2.45) is 11.1 Å². The number of nitrogens with zero attached hydrogens (tertiary/aromatic N) is 7. The summed E-state index contributed by atoms with van der Waals surface area (Å²) >= 11 is 8.14. The van der Waals surface area contributed by atoms with Crippen LogP contribution in [0.4, 0.5) is 5.82 Å². The van der Waals surface area contributed by atoms with Crippen molar-refractivity contribution in [3.05, 3.63) is 72.0 Å². The van der Waals surface area contributed by atoms with Crippen LogP contribution in [0.3, 0.4) is 0 Å². The maximum absolute atomic E-state index is 6.65. The summed E-state index contributed by atoms with van der Waals surface area (Å²) < 4.78 is 3.83. The van der Waals surface area contributed by atoms with Gasteiger partial charge in [0.25, 0.3) is 0 Å². The number of hydrogen-bond donors (Lipinski definition) is 1. The minimum absolute atomic E-state index is 0.0502. The number of piperidine rings is 1. The molecule has 1 spiro atoms. The monoisotopic (exact) mass is 478 g/mol. The molecular weight excluding hydrogens is 456 g/mol. The Kier molecular flexibility index (Phi) is 5.12. The van der Waals surface area contributed by atoms with Crippen molar-refractivity contribution in [1.29, 1.82) is 0 Å². The normalized spacial score (nSPS) is 19.2. The number of aromatic nitrogens is 6. The summed E-state index contributed by atoms with van der Waals surface area (Å²) in [6, 6.07) is 9.86. The van der Waals surface area contributed by atoms with Gasteiger partial charge in [0.15, 0.2) is 0 Å². The molecule has 1 fully saturated rings. The summed E-state index contributed by atoms with van der Waals surface area (Å²) in [6.45, 7) is 2.73. The van der Waals surface area contributed by atoms with Crippen LogP contribution in [-0.2, 0) is 6.54 Å². The first-order valence-corrected chi connectivity index (χ1v) is 12.1. The lowest BCUT2D eigenvalue weighted by atomic mass is 9.73. The number of fused-ring (bicyclic) bond motifs is 1. The van der Waals surface area contributed by atoms with Crippen LogP contribution in [0.15, 0.2) is 71.2 Å². The van der Waals surface area contributed by atoms with Crippen LogP contribution in [-0.4, -0.2) is 42.6 Å². The van der Waals surface area contributed by atoms with E-state index < -0.39 is 0 Å². The molecule has 168 valence electrons. The number of benzene rings is 1. The molecule has 8 nitrogen and oxygen atoms in total. The molecule has 0 bridgehead atoms. The summed E-state index contributed by atoms with van der Waals surface area (Å²) in [5.74, 6) is 0.898. The molecule has 0 amide bonds. The molecule has 2 aliphatic rings. The van der Waals surface area contributed by atoms with Crippen molar-refractivity contribution in [1.82, 2.24) is 29.5 Å². The Morgan fingerprint density at radius 3 is 2.64 bits per heavy atom. The number of halogens is 1. The number of nitrogens with two attached hydrogens (primary N) is 1. The van der Waals surface area contributed by atoms with Crippen molar-refractivity contribution in [3.63, 3.8) is 0 Å². The third-order valence-corrected chi connectivity index (χ3v) is 8.29. The SMILES string of the molecule is N[C@@H]1c2ccnn2CC12CCN(c1cnc(Sc3cccc(-n4cccn4)c3Cl)cn1)CC2. The molecule has 33 heavy (non-hydrogen) atoms. The molecule has 2 N–H and O–H groups in total. The minimum Gasteiger partial charge on any atom is -0.355 e. The van der Waals surface area contributed by atoms with E-state index in [9.17, 15) is 0 Å². The first kappa shape index (κ1) is 20.7. The first-order valence-electron chi connectivity index (χ1n) is 10.9. The number of rotatable bonds is 4. The smallest absolute Gasteiger partial charge is 0.147 e. The van der Waals surface area contributed by atoms with E-state index >= 15 is 0 Å². The van der Waals surface area contributed by atoms with E-state index in [1.807, 2.05) is 55.1 Å². The van der Waals surface area contributed by atoms with Crippen LogP contribution in [0.2, 0.25) is 5.02 Å². The fourth-order valence-electron chi connectivity index (χ4n) is 4.90. The Morgan fingerprint density at radius 1 is 1.03 bits per heavy atom. The van der Waals surface area contributed by atoms with Crippen molar-refractivity contribution in [2.75, 3.05) is 18.0 Å². The lowest BCUT2D eigenvalue weighted by molar-refractivity contribution is 0.170. The second-order valence-corrected chi connectivity index (χ2v) is 10.0. The van der Waals surface area contributed by atoms with E-state index in [4.69, 9.17) is 22.3 Å². The Bertz CT molecular complexity index is 1260. The largest absolute Gasteiger partial charge is 0.355 e. The number of anilines is 1. The Balaban J connectivity index is 1.13. The topological polar surface area (TPSA) is 90.7 Å². The van der Waals surface area contributed by atoms with E-state index in [2.05, 4.69) is 24.8 Å². The average molecular weight is 479 g/mol. The van der Waals surface area contributed by atoms with Crippen LogP contribution in [0, 0.1) is 5.41 Å². The standard InChI is InChI=1S/C23H23ClN8S/c24-21-16(31-10-2-8-28-31)3-1-4-18(21)33-20-14-26-19(13-27-20)30-11-6-23(7-12-30)15-32-17(22(23)25)5-9-29-32/h1-5,8-10,13-14,22H,6-7,11-12,15,25H2/t22-/m1/s1. The highest BCUT2D eigenvalue weighted by Crippen LogP contribution is 2.47. The number of hydrogen-bond acceptors (Lipinski definition) is 7. The molecule has 4 aromatic rings. The molecule has 0 aliphatic carbocycles. The molecule has 0 unspecified atom stereocenters. The van der Waals surface area contributed by atoms with E-state index in [0.29, 0.717) is 5.02 Å². The van der Waals surface area contributed by atoms with E-state index in [1.165, 1.54) is 11.8 Å². The predicted octanol–water partition coefficient (Wildman–Crippen LogP) is 3.96. The molecule has 1 aromatic carbocycles. The van der Waals surface area contributed by atoms with Gasteiger partial charge in [-0.15, -0.1) is 0 Å². The van der Waals surface area contributed by atoms with E-state index in [0.717, 1.165) is 59.6 Å². The lowest BCUT2D eigenvalue weighted by Gasteiger charge is -2.41. The fraction of sp³-hybridized carbons (Fsp3) is 0.304. The van der Waals surface area contributed by atoms with Gasteiger partial charge in [-0.05, 0) is 37.1 Å². The van der Waals surface area contributed by atoms with Gasteiger partial charge < -0.3 is 10.6 Å². The van der Waals surface area contributed by atoms with Gasteiger partial charge in [-0.1, -0.05) is 29.4 Å². The molecule has 6 rings (SSSR count). The van der Waals surface area contributed by atoms with Crippen LogP contribution in [0.25, 0.3) is 5.69 Å². The van der Waals surface area contributed by atoms with Gasteiger partial charge in [-0.2, -0.15) is 10.2 Å². The molecule has 1 saturated heterocycles. The summed E-state index contributed by atoms with van der Waals surface area (Å²) in [4.78, 5) is 12.6. The van der Waals surface area contributed by atoms with Gasteiger partial charge in [-0.3, -0.25) is 4.68 Å². The zero-order valence-electron chi connectivity index (χ0n) is 17.9. The molecule has 0 saturated carbocycles. The van der Waals surface area contributed by atoms with Gasteiger partial charge in [0.05, 0.1) is 34.8 Å². The molecule has 5 heterocycles. The summed E-state index contributed by atoms with van der Waals surface area (Å²) in [5.41, 5.74) is 8.69. The van der Waals surface area contributed by atoms with Crippen LogP contribution < -0.4 is 10.6 Å². The van der Waals surface area contributed by atoms with Crippen molar-refractivity contribution < 1.29 is 0 Å². The Labute approximate surface area is 200 Å². The quantitative estimate of drug-likeness (QED) is 0.474. The maximum Gasteiger partial charge on any atom is 0.147 e.